The van der Waals surface area contributed by atoms with Crippen LogP contribution in [0.4, 0.5) is 0 Å². The lowest BCUT2D eigenvalue weighted by atomic mass is 10.2. The van der Waals surface area contributed by atoms with Crippen molar-refractivity contribution in [3.63, 3.8) is 0 Å². The zero-order chi connectivity index (χ0) is 18.2. The largest absolute Gasteiger partial charge is 0.490 e. The molecule has 2 aromatic carbocycles. The number of benzene rings is 2. The maximum Gasteiger partial charge on any atom is 0.184 e. The highest BCUT2D eigenvalue weighted by Gasteiger charge is 2.10. The fourth-order valence-corrected chi connectivity index (χ4v) is 2.54. The summed E-state index contributed by atoms with van der Waals surface area (Å²) < 4.78 is 11.5. The van der Waals surface area contributed by atoms with Gasteiger partial charge in [0.15, 0.2) is 16.6 Å². The Hall–Kier alpha value is -2.02. The monoisotopic (exact) mass is 397 g/mol. The molecule has 0 unspecified atom stereocenters. The summed E-state index contributed by atoms with van der Waals surface area (Å²) in [7, 11) is 0. The van der Waals surface area contributed by atoms with E-state index in [4.69, 9.17) is 38.4 Å². The van der Waals surface area contributed by atoms with Gasteiger partial charge in [0.25, 0.3) is 0 Å². The molecular formula is C17H17Cl2N3O2S. The molecule has 0 aromatic heterocycles. The maximum atomic E-state index is 6.16. The molecule has 0 heterocycles. The first-order valence-electron chi connectivity index (χ1n) is 7.42. The molecule has 0 atom stereocenters. The second kappa shape index (κ2) is 9.46. The number of hydrogen-bond donors (Lipinski definition) is 2. The van der Waals surface area contributed by atoms with Crippen LogP contribution in [0.5, 0.6) is 11.5 Å². The highest BCUT2D eigenvalue weighted by molar-refractivity contribution is 7.80. The average Bonchev–Trinajstić information content (AvgIpc) is 2.56. The molecule has 2 rings (SSSR count). The van der Waals surface area contributed by atoms with E-state index >= 15 is 0 Å². The van der Waals surface area contributed by atoms with E-state index in [-0.39, 0.29) is 11.7 Å². The summed E-state index contributed by atoms with van der Waals surface area (Å²) in [6, 6.07) is 10.7. The zero-order valence-electron chi connectivity index (χ0n) is 13.5. The van der Waals surface area contributed by atoms with Gasteiger partial charge in [0.05, 0.1) is 12.8 Å². The van der Waals surface area contributed by atoms with Crippen LogP contribution in [0.1, 0.15) is 18.1 Å². The summed E-state index contributed by atoms with van der Waals surface area (Å²) in [5.74, 6) is 1.17. The van der Waals surface area contributed by atoms with E-state index < -0.39 is 0 Å². The van der Waals surface area contributed by atoms with Gasteiger partial charge in [-0.25, -0.2) is 0 Å². The number of halogens is 2. The van der Waals surface area contributed by atoms with Crippen LogP contribution >= 0.6 is 35.4 Å². The van der Waals surface area contributed by atoms with Crippen molar-refractivity contribution in [2.45, 2.75) is 13.5 Å². The van der Waals surface area contributed by atoms with Gasteiger partial charge < -0.3 is 15.2 Å². The highest BCUT2D eigenvalue weighted by atomic mass is 35.5. The van der Waals surface area contributed by atoms with Gasteiger partial charge in [0.1, 0.15) is 6.61 Å². The van der Waals surface area contributed by atoms with Crippen LogP contribution in [0.25, 0.3) is 0 Å². The van der Waals surface area contributed by atoms with Crippen LogP contribution in [0.2, 0.25) is 10.0 Å². The second-order valence-corrected chi connectivity index (χ2v) is 6.12. The topological polar surface area (TPSA) is 68.9 Å². The Morgan fingerprint density at radius 1 is 1.20 bits per heavy atom. The lowest BCUT2D eigenvalue weighted by Gasteiger charge is -2.14. The molecule has 2 aromatic rings. The second-order valence-electron chi connectivity index (χ2n) is 4.86. The van der Waals surface area contributed by atoms with Gasteiger partial charge in [-0.1, -0.05) is 29.3 Å². The minimum Gasteiger partial charge on any atom is -0.490 e. The van der Waals surface area contributed by atoms with E-state index in [1.165, 1.54) is 0 Å². The molecule has 0 amide bonds. The normalized spacial score (nSPS) is 10.7. The minimum atomic E-state index is 0.0952. The first-order valence-corrected chi connectivity index (χ1v) is 8.58. The first kappa shape index (κ1) is 19.3. The van der Waals surface area contributed by atoms with Gasteiger partial charge in [-0.2, -0.15) is 5.10 Å². The van der Waals surface area contributed by atoms with Crippen molar-refractivity contribution in [3.05, 3.63) is 57.6 Å². The van der Waals surface area contributed by atoms with E-state index in [1.807, 2.05) is 13.0 Å². The molecule has 0 saturated heterocycles. The van der Waals surface area contributed by atoms with Crippen molar-refractivity contribution >= 4 is 46.7 Å². The van der Waals surface area contributed by atoms with Crippen LogP contribution < -0.4 is 20.6 Å². The van der Waals surface area contributed by atoms with Crippen molar-refractivity contribution < 1.29 is 9.47 Å². The molecule has 0 saturated carbocycles. The predicted octanol–water partition coefficient (Wildman–Crippen LogP) is 4.14. The predicted molar refractivity (Wildman–Crippen MR) is 106 cm³/mol. The van der Waals surface area contributed by atoms with E-state index in [2.05, 4.69) is 22.7 Å². The van der Waals surface area contributed by atoms with Crippen molar-refractivity contribution in [2.24, 2.45) is 10.8 Å². The Labute approximate surface area is 161 Å². The molecule has 0 aliphatic heterocycles. The molecule has 0 radical (unpaired) electrons. The summed E-state index contributed by atoms with van der Waals surface area (Å²) in [4.78, 5) is 0. The third kappa shape index (κ3) is 5.77. The summed E-state index contributed by atoms with van der Waals surface area (Å²) in [5, 5.41) is 5.12. The molecule has 0 aliphatic carbocycles. The number of thiocarbonyl (C=S) groups is 1. The van der Waals surface area contributed by atoms with Gasteiger partial charge in [-0.15, -0.1) is 0 Å². The number of rotatable bonds is 7. The van der Waals surface area contributed by atoms with E-state index in [1.54, 1.807) is 36.5 Å². The van der Waals surface area contributed by atoms with Crippen LogP contribution in [-0.2, 0) is 6.61 Å². The fourth-order valence-electron chi connectivity index (χ4n) is 1.98. The number of nitrogens with zero attached hydrogens (tertiary/aromatic N) is 1. The average molecular weight is 398 g/mol. The van der Waals surface area contributed by atoms with Crippen LogP contribution in [0.3, 0.4) is 0 Å². The first-order chi connectivity index (χ1) is 12.0. The van der Waals surface area contributed by atoms with Crippen molar-refractivity contribution in [1.82, 2.24) is 5.43 Å². The van der Waals surface area contributed by atoms with Gasteiger partial charge in [0.2, 0.25) is 0 Å². The SMILES string of the molecule is CCOc1cc(/C=N\NC(N)=S)ccc1OCc1c(Cl)cccc1Cl. The van der Waals surface area contributed by atoms with Crippen molar-refractivity contribution in [2.75, 3.05) is 6.61 Å². The number of hydrogen-bond acceptors (Lipinski definition) is 4. The smallest absolute Gasteiger partial charge is 0.184 e. The molecular weight excluding hydrogens is 381 g/mol. The molecule has 132 valence electrons. The highest BCUT2D eigenvalue weighted by Crippen LogP contribution is 2.31. The summed E-state index contributed by atoms with van der Waals surface area (Å²) in [6.07, 6.45) is 1.58. The molecule has 5 nitrogen and oxygen atoms in total. The lowest BCUT2D eigenvalue weighted by molar-refractivity contribution is 0.269. The minimum absolute atomic E-state index is 0.0952. The lowest BCUT2D eigenvalue weighted by Crippen LogP contribution is -2.23. The molecule has 25 heavy (non-hydrogen) atoms. The molecule has 0 fully saturated rings. The van der Waals surface area contributed by atoms with Crippen molar-refractivity contribution in [1.29, 1.82) is 0 Å². The van der Waals surface area contributed by atoms with Gasteiger partial charge >= 0.3 is 0 Å². The molecule has 8 heteroatoms. The third-order valence-electron chi connectivity index (χ3n) is 3.09. The standard InChI is InChI=1S/C17H17Cl2N3O2S/c1-2-23-16-8-11(9-21-22-17(20)25)6-7-15(16)24-10-12-13(18)4-3-5-14(12)19/h3-9H,2,10H2,1H3,(H3,20,22,25)/b21-9-. The molecule has 0 spiro atoms. The van der Waals surface area contributed by atoms with Gasteiger partial charge in [-0.05, 0) is 55.0 Å². The molecule has 3 N–H and O–H groups in total. The summed E-state index contributed by atoms with van der Waals surface area (Å²) in [6.45, 7) is 2.62. The Kier molecular flexibility index (Phi) is 7.31. The Morgan fingerprint density at radius 2 is 1.92 bits per heavy atom. The number of hydrazone groups is 1. The summed E-state index contributed by atoms with van der Waals surface area (Å²) >= 11 is 17.0. The van der Waals surface area contributed by atoms with E-state index in [0.717, 1.165) is 11.1 Å². The number of nitrogens with two attached hydrogens (primary N) is 1. The van der Waals surface area contributed by atoms with Crippen molar-refractivity contribution in [3.8, 4) is 11.5 Å². The van der Waals surface area contributed by atoms with Gasteiger partial charge in [-0.3, -0.25) is 5.43 Å². The molecule has 0 bridgehead atoms. The van der Waals surface area contributed by atoms with Gasteiger partial charge in [0, 0.05) is 15.6 Å². The third-order valence-corrected chi connectivity index (χ3v) is 3.89. The maximum absolute atomic E-state index is 6.16. The number of nitrogens with one attached hydrogen (secondary N) is 1. The van der Waals surface area contributed by atoms with Crippen LogP contribution in [-0.4, -0.2) is 17.9 Å². The molecule has 0 aliphatic rings. The van der Waals surface area contributed by atoms with Crippen LogP contribution in [0.15, 0.2) is 41.5 Å². The number of ether oxygens (including phenoxy) is 2. The van der Waals surface area contributed by atoms with Crippen LogP contribution in [0, 0.1) is 0 Å². The Balaban J connectivity index is 2.16. The Bertz CT molecular complexity index is 764. The Morgan fingerprint density at radius 3 is 2.56 bits per heavy atom. The quantitative estimate of drug-likeness (QED) is 0.417. The summed E-state index contributed by atoms with van der Waals surface area (Å²) in [5.41, 5.74) is 9.34. The van der Waals surface area contributed by atoms with E-state index in [9.17, 15) is 0 Å². The zero-order valence-corrected chi connectivity index (χ0v) is 15.8. The fraction of sp³-hybridized carbons (Fsp3) is 0.176. The van der Waals surface area contributed by atoms with E-state index in [0.29, 0.717) is 28.2 Å².